The van der Waals surface area contributed by atoms with E-state index in [0.29, 0.717) is 15.7 Å². The quantitative estimate of drug-likeness (QED) is 0.861. The van der Waals surface area contributed by atoms with E-state index in [-0.39, 0.29) is 11.9 Å². The van der Waals surface area contributed by atoms with Gasteiger partial charge in [-0.1, -0.05) is 0 Å². The average Bonchev–Trinajstić information content (AvgIpc) is 3.10. The molecule has 19 heavy (non-hydrogen) atoms. The van der Waals surface area contributed by atoms with Crippen molar-refractivity contribution in [3.05, 3.63) is 29.5 Å². The van der Waals surface area contributed by atoms with Crippen LogP contribution in [0.25, 0.3) is 10.8 Å². The Kier molecular flexibility index (Phi) is 3.47. The minimum Gasteiger partial charge on any atom is -0.347 e. The number of nitrogens with zero attached hydrogens (tertiary/aromatic N) is 3. The van der Waals surface area contributed by atoms with Gasteiger partial charge in [0.25, 0.3) is 5.91 Å². The zero-order valence-electron chi connectivity index (χ0n) is 10.2. The average molecular weight is 275 g/mol. The maximum absolute atomic E-state index is 12.0. The Labute approximate surface area is 114 Å². The van der Waals surface area contributed by atoms with Crippen LogP contribution in [0.2, 0.25) is 0 Å². The highest BCUT2D eigenvalue weighted by Gasteiger charge is 2.19. The van der Waals surface area contributed by atoms with Crippen LogP contribution in [0.3, 0.4) is 0 Å². The number of rotatable bonds is 3. The molecule has 1 fully saturated rings. The molecule has 0 bridgehead atoms. The van der Waals surface area contributed by atoms with Gasteiger partial charge < -0.3 is 10.6 Å². The Bertz CT molecular complexity index is 565. The number of nitrogens with one attached hydrogen (secondary N) is 2. The highest BCUT2D eigenvalue weighted by Crippen LogP contribution is 2.21. The normalized spacial score (nSPS) is 18.4. The molecule has 6 nitrogen and oxygen atoms in total. The van der Waals surface area contributed by atoms with Crippen molar-refractivity contribution in [2.75, 3.05) is 13.1 Å². The highest BCUT2D eigenvalue weighted by atomic mass is 32.1. The molecule has 0 unspecified atom stereocenters. The lowest BCUT2D eigenvalue weighted by Gasteiger charge is -2.09. The minimum absolute atomic E-state index is 0.0756. The summed E-state index contributed by atoms with van der Waals surface area (Å²) < 4.78 is 0. The summed E-state index contributed by atoms with van der Waals surface area (Å²) in [5.74, 6) is 0.475. The molecule has 98 valence electrons. The molecule has 1 amide bonds. The molecule has 7 heteroatoms. The van der Waals surface area contributed by atoms with Gasteiger partial charge in [0, 0.05) is 25.0 Å². The number of thiazole rings is 1. The molecule has 0 radical (unpaired) electrons. The van der Waals surface area contributed by atoms with Gasteiger partial charge in [0.1, 0.15) is 4.88 Å². The standard InChI is InChI=1S/C12H13N5OS/c18-11(17-8-2-5-13-6-8)9-7-16-12(19-9)10-14-3-1-4-15-10/h1,3-4,7-8,13H,2,5-6H2,(H,17,18)/t8-/m1/s1. The molecule has 0 spiro atoms. The fourth-order valence-corrected chi connectivity index (χ4v) is 2.69. The first-order chi connectivity index (χ1) is 9.33. The monoisotopic (exact) mass is 275 g/mol. The first-order valence-corrected chi connectivity index (χ1v) is 6.89. The third-order valence-corrected chi connectivity index (χ3v) is 3.87. The van der Waals surface area contributed by atoms with E-state index in [2.05, 4.69) is 25.6 Å². The number of hydrogen-bond acceptors (Lipinski definition) is 6. The summed E-state index contributed by atoms with van der Waals surface area (Å²) in [6, 6.07) is 1.96. The Morgan fingerprint density at radius 2 is 2.21 bits per heavy atom. The van der Waals surface area contributed by atoms with Crippen LogP contribution in [0.4, 0.5) is 0 Å². The van der Waals surface area contributed by atoms with Crippen LogP contribution in [-0.4, -0.2) is 40.0 Å². The third kappa shape index (κ3) is 2.77. The number of carbonyl (C=O) groups excluding carboxylic acids is 1. The predicted octanol–water partition coefficient (Wildman–Crippen LogP) is 0.692. The maximum atomic E-state index is 12.0. The molecular formula is C12H13N5OS. The zero-order valence-corrected chi connectivity index (χ0v) is 11.0. The molecular weight excluding hydrogens is 262 g/mol. The van der Waals surface area contributed by atoms with Crippen LogP contribution >= 0.6 is 11.3 Å². The van der Waals surface area contributed by atoms with E-state index < -0.39 is 0 Å². The molecule has 1 aliphatic heterocycles. The first-order valence-electron chi connectivity index (χ1n) is 6.08. The van der Waals surface area contributed by atoms with E-state index in [1.165, 1.54) is 11.3 Å². The van der Waals surface area contributed by atoms with Crippen LogP contribution in [0.5, 0.6) is 0 Å². The fraction of sp³-hybridized carbons (Fsp3) is 0.333. The molecule has 3 rings (SSSR count). The Hall–Kier alpha value is -1.86. The van der Waals surface area contributed by atoms with Gasteiger partial charge in [0.15, 0.2) is 10.8 Å². The van der Waals surface area contributed by atoms with Crippen molar-refractivity contribution in [2.24, 2.45) is 0 Å². The SMILES string of the molecule is O=C(N[C@@H]1CCNC1)c1cnc(-c2ncccn2)s1. The van der Waals surface area contributed by atoms with Crippen molar-refractivity contribution >= 4 is 17.2 Å². The molecule has 1 atom stereocenters. The summed E-state index contributed by atoms with van der Waals surface area (Å²) in [7, 11) is 0. The van der Waals surface area contributed by atoms with Crippen molar-refractivity contribution in [3.8, 4) is 10.8 Å². The molecule has 0 aliphatic carbocycles. The van der Waals surface area contributed by atoms with Crippen molar-refractivity contribution in [1.29, 1.82) is 0 Å². The van der Waals surface area contributed by atoms with Crippen LogP contribution in [0, 0.1) is 0 Å². The summed E-state index contributed by atoms with van der Waals surface area (Å²) in [6.07, 6.45) is 5.87. The lowest BCUT2D eigenvalue weighted by Crippen LogP contribution is -2.35. The van der Waals surface area contributed by atoms with Crippen LogP contribution < -0.4 is 10.6 Å². The molecule has 0 saturated carbocycles. The lowest BCUT2D eigenvalue weighted by molar-refractivity contribution is 0.0944. The molecule has 2 N–H and O–H groups in total. The molecule has 2 aromatic heterocycles. The topological polar surface area (TPSA) is 79.8 Å². The van der Waals surface area contributed by atoms with E-state index in [1.807, 2.05) is 0 Å². The lowest BCUT2D eigenvalue weighted by atomic mass is 10.2. The zero-order chi connectivity index (χ0) is 13.1. The molecule has 2 aromatic rings. The van der Waals surface area contributed by atoms with Gasteiger partial charge in [0.05, 0.1) is 6.20 Å². The first kappa shape index (κ1) is 12.2. The number of amides is 1. The highest BCUT2D eigenvalue weighted by molar-refractivity contribution is 7.16. The van der Waals surface area contributed by atoms with Crippen molar-refractivity contribution in [1.82, 2.24) is 25.6 Å². The van der Waals surface area contributed by atoms with Crippen LogP contribution in [0.1, 0.15) is 16.1 Å². The summed E-state index contributed by atoms with van der Waals surface area (Å²) in [5.41, 5.74) is 0. The number of hydrogen-bond donors (Lipinski definition) is 2. The number of aromatic nitrogens is 3. The van der Waals surface area contributed by atoms with Crippen LogP contribution in [-0.2, 0) is 0 Å². The van der Waals surface area contributed by atoms with Crippen molar-refractivity contribution in [2.45, 2.75) is 12.5 Å². The smallest absolute Gasteiger partial charge is 0.263 e. The van der Waals surface area contributed by atoms with Gasteiger partial charge in [-0.3, -0.25) is 4.79 Å². The summed E-state index contributed by atoms with van der Waals surface area (Å²) in [4.78, 5) is 25.1. The van der Waals surface area contributed by atoms with E-state index in [0.717, 1.165) is 19.5 Å². The van der Waals surface area contributed by atoms with E-state index in [1.54, 1.807) is 24.7 Å². The molecule has 3 heterocycles. The van der Waals surface area contributed by atoms with Gasteiger partial charge >= 0.3 is 0 Å². The summed E-state index contributed by atoms with van der Waals surface area (Å²) >= 11 is 1.31. The van der Waals surface area contributed by atoms with Crippen molar-refractivity contribution < 1.29 is 4.79 Å². The molecule has 1 saturated heterocycles. The minimum atomic E-state index is -0.0756. The second-order valence-electron chi connectivity index (χ2n) is 4.27. The fourth-order valence-electron chi connectivity index (χ4n) is 1.93. The molecule has 1 aliphatic rings. The largest absolute Gasteiger partial charge is 0.347 e. The van der Waals surface area contributed by atoms with Gasteiger partial charge in [-0.25, -0.2) is 15.0 Å². The van der Waals surface area contributed by atoms with Gasteiger partial charge in [-0.15, -0.1) is 11.3 Å². The summed E-state index contributed by atoms with van der Waals surface area (Å²) in [6.45, 7) is 1.79. The van der Waals surface area contributed by atoms with Gasteiger partial charge in [0.2, 0.25) is 0 Å². The second-order valence-corrected chi connectivity index (χ2v) is 5.30. The van der Waals surface area contributed by atoms with Crippen molar-refractivity contribution in [3.63, 3.8) is 0 Å². The van der Waals surface area contributed by atoms with Gasteiger partial charge in [-0.05, 0) is 19.0 Å². The van der Waals surface area contributed by atoms with E-state index >= 15 is 0 Å². The number of carbonyl (C=O) groups is 1. The predicted molar refractivity (Wildman–Crippen MR) is 71.9 cm³/mol. The van der Waals surface area contributed by atoms with Crippen LogP contribution in [0.15, 0.2) is 24.7 Å². The molecule has 0 aromatic carbocycles. The van der Waals surface area contributed by atoms with E-state index in [9.17, 15) is 4.79 Å². The Morgan fingerprint density at radius 3 is 2.95 bits per heavy atom. The Balaban J connectivity index is 1.72. The second kappa shape index (κ2) is 5.41. The Morgan fingerprint density at radius 1 is 1.37 bits per heavy atom. The summed E-state index contributed by atoms with van der Waals surface area (Å²) in [5, 5.41) is 6.86. The van der Waals surface area contributed by atoms with E-state index in [4.69, 9.17) is 0 Å². The third-order valence-electron chi connectivity index (χ3n) is 2.88. The van der Waals surface area contributed by atoms with Gasteiger partial charge in [-0.2, -0.15) is 0 Å². The maximum Gasteiger partial charge on any atom is 0.263 e.